The van der Waals surface area contributed by atoms with Gasteiger partial charge in [0.2, 0.25) is 5.89 Å². The molecule has 1 aliphatic rings. The van der Waals surface area contributed by atoms with Gasteiger partial charge in [-0.15, -0.1) is 21.5 Å². The molecule has 5 nitrogen and oxygen atoms in total. The second kappa shape index (κ2) is 6.40. The van der Waals surface area contributed by atoms with Crippen molar-refractivity contribution in [3.8, 4) is 11.5 Å². The highest BCUT2D eigenvalue weighted by atomic mass is 32.1. The monoisotopic (exact) mass is 358 g/mol. The molecule has 1 aliphatic carbocycles. The Morgan fingerprint density at radius 1 is 1.28 bits per heavy atom. The number of thiophene rings is 1. The van der Waals surface area contributed by atoms with Crippen LogP contribution >= 0.6 is 11.3 Å². The molecule has 0 spiro atoms. The number of ether oxygens (including phenoxy) is 1. The third-order valence-corrected chi connectivity index (χ3v) is 5.33. The molecule has 0 amide bonds. The number of rotatable bonds is 4. The summed E-state index contributed by atoms with van der Waals surface area (Å²) in [6.07, 6.45) is 2.56. The van der Waals surface area contributed by atoms with Gasteiger partial charge < -0.3 is 9.15 Å². The first kappa shape index (κ1) is 16.0. The van der Waals surface area contributed by atoms with Crippen molar-refractivity contribution in [3.63, 3.8) is 0 Å². The van der Waals surface area contributed by atoms with Crippen molar-refractivity contribution in [2.45, 2.75) is 32.3 Å². The van der Waals surface area contributed by atoms with E-state index in [0.717, 1.165) is 19.3 Å². The van der Waals surface area contributed by atoms with E-state index >= 15 is 0 Å². The molecule has 25 heavy (non-hydrogen) atoms. The Bertz CT molecular complexity index is 895. The van der Waals surface area contributed by atoms with Crippen LogP contribution in [0, 0.1) is 5.82 Å². The number of carbonyl (C=O) groups excluding carboxylic acids is 1. The van der Waals surface area contributed by atoms with Gasteiger partial charge in [-0.05, 0) is 62.1 Å². The van der Waals surface area contributed by atoms with Crippen LogP contribution in [0.5, 0.6) is 0 Å². The van der Waals surface area contributed by atoms with Crippen molar-refractivity contribution < 1.29 is 18.3 Å². The van der Waals surface area contributed by atoms with E-state index < -0.39 is 6.10 Å². The summed E-state index contributed by atoms with van der Waals surface area (Å²) in [5, 5.41) is 7.86. The summed E-state index contributed by atoms with van der Waals surface area (Å²) in [7, 11) is 0. The molecule has 0 saturated heterocycles. The fraction of sp³-hybridized carbons (Fsp3) is 0.278. The third-order valence-electron chi connectivity index (χ3n) is 4.11. The van der Waals surface area contributed by atoms with E-state index in [-0.39, 0.29) is 23.6 Å². The second-order valence-corrected chi connectivity index (χ2v) is 7.05. The fourth-order valence-electron chi connectivity index (χ4n) is 2.81. The highest BCUT2D eigenvalue weighted by Gasteiger charge is 2.23. The van der Waals surface area contributed by atoms with Gasteiger partial charge in [-0.2, -0.15) is 0 Å². The minimum absolute atomic E-state index is 0.205. The first-order valence-electron chi connectivity index (χ1n) is 8.02. The number of esters is 1. The van der Waals surface area contributed by atoms with Crippen LogP contribution in [0.2, 0.25) is 0 Å². The summed E-state index contributed by atoms with van der Waals surface area (Å²) < 4.78 is 24.0. The van der Waals surface area contributed by atoms with E-state index in [9.17, 15) is 9.18 Å². The number of aryl methyl sites for hydroxylation is 2. The molecular weight excluding hydrogens is 343 g/mol. The van der Waals surface area contributed by atoms with Gasteiger partial charge in [0.25, 0.3) is 5.89 Å². The summed E-state index contributed by atoms with van der Waals surface area (Å²) in [6.45, 7) is 1.68. The Labute approximate surface area is 147 Å². The molecule has 0 aliphatic heterocycles. The van der Waals surface area contributed by atoms with E-state index in [1.54, 1.807) is 19.1 Å². The van der Waals surface area contributed by atoms with E-state index in [4.69, 9.17) is 9.15 Å². The topological polar surface area (TPSA) is 65.2 Å². The highest BCUT2D eigenvalue weighted by molar-refractivity contribution is 7.14. The second-order valence-electron chi connectivity index (χ2n) is 5.91. The molecule has 2 heterocycles. The van der Waals surface area contributed by atoms with Gasteiger partial charge in [0.05, 0.1) is 0 Å². The molecular formula is C18H15FN2O3S. The lowest BCUT2D eigenvalue weighted by atomic mass is 10.2. The number of halogens is 1. The molecule has 0 unspecified atom stereocenters. The number of nitrogens with zero attached hydrogens (tertiary/aromatic N) is 2. The average Bonchev–Trinajstić information content (AvgIpc) is 3.31. The van der Waals surface area contributed by atoms with Crippen LogP contribution in [0.25, 0.3) is 11.5 Å². The molecule has 128 valence electrons. The van der Waals surface area contributed by atoms with Crippen molar-refractivity contribution in [1.82, 2.24) is 10.2 Å². The Balaban J connectivity index is 1.46. The Kier molecular flexibility index (Phi) is 4.09. The van der Waals surface area contributed by atoms with Crippen molar-refractivity contribution >= 4 is 17.3 Å². The van der Waals surface area contributed by atoms with Gasteiger partial charge in [0, 0.05) is 10.4 Å². The SMILES string of the molecule is C[C@@H](OC(=O)c1cc2c(s1)CCC2)c1nnc(-c2ccc(F)cc2)o1. The minimum atomic E-state index is -0.661. The van der Waals surface area contributed by atoms with Crippen LogP contribution in [0.3, 0.4) is 0 Å². The first-order valence-corrected chi connectivity index (χ1v) is 8.83. The van der Waals surface area contributed by atoms with Crippen molar-refractivity contribution in [2.75, 3.05) is 0 Å². The van der Waals surface area contributed by atoms with Gasteiger partial charge in [0.1, 0.15) is 10.7 Å². The van der Waals surface area contributed by atoms with Crippen LogP contribution in [0.4, 0.5) is 4.39 Å². The van der Waals surface area contributed by atoms with E-state index in [1.165, 1.54) is 33.9 Å². The number of hydrogen-bond donors (Lipinski definition) is 0. The van der Waals surface area contributed by atoms with Gasteiger partial charge in [-0.25, -0.2) is 9.18 Å². The lowest BCUT2D eigenvalue weighted by Crippen LogP contribution is -2.08. The van der Waals surface area contributed by atoms with Crippen molar-refractivity contribution in [2.24, 2.45) is 0 Å². The molecule has 1 aromatic carbocycles. The maximum Gasteiger partial charge on any atom is 0.349 e. The number of carbonyl (C=O) groups is 1. The number of hydrogen-bond acceptors (Lipinski definition) is 6. The van der Waals surface area contributed by atoms with Crippen LogP contribution in [-0.2, 0) is 17.6 Å². The molecule has 1 atom stereocenters. The summed E-state index contributed by atoms with van der Waals surface area (Å²) in [5.74, 6) is -0.258. The molecule has 0 radical (unpaired) electrons. The Hall–Kier alpha value is -2.54. The molecule has 0 bridgehead atoms. The summed E-state index contributed by atoms with van der Waals surface area (Å²) in [4.78, 5) is 14.2. The zero-order valence-electron chi connectivity index (χ0n) is 13.5. The maximum absolute atomic E-state index is 13.0. The molecule has 0 fully saturated rings. The summed E-state index contributed by atoms with van der Waals surface area (Å²) in [5.41, 5.74) is 1.86. The van der Waals surface area contributed by atoms with E-state index in [2.05, 4.69) is 10.2 Å². The molecule has 4 rings (SSSR count). The normalized spacial score (nSPS) is 14.3. The quantitative estimate of drug-likeness (QED) is 0.649. The Morgan fingerprint density at radius 2 is 2.08 bits per heavy atom. The zero-order chi connectivity index (χ0) is 17.4. The molecule has 7 heteroatoms. The van der Waals surface area contributed by atoms with Crippen LogP contribution < -0.4 is 0 Å². The van der Waals surface area contributed by atoms with Crippen molar-refractivity contribution in [3.05, 3.63) is 57.4 Å². The average molecular weight is 358 g/mol. The van der Waals surface area contributed by atoms with Crippen LogP contribution in [0.15, 0.2) is 34.7 Å². The van der Waals surface area contributed by atoms with Gasteiger partial charge in [0.15, 0.2) is 6.10 Å². The van der Waals surface area contributed by atoms with Gasteiger partial charge in [-0.3, -0.25) is 0 Å². The molecule has 0 N–H and O–H groups in total. The molecule has 3 aromatic rings. The van der Waals surface area contributed by atoms with Gasteiger partial charge in [-0.1, -0.05) is 0 Å². The smallest absolute Gasteiger partial charge is 0.349 e. The number of aromatic nitrogens is 2. The number of fused-ring (bicyclic) bond motifs is 1. The minimum Gasteiger partial charge on any atom is -0.448 e. The lowest BCUT2D eigenvalue weighted by Gasteiger charge is -2.08. The third kappa shape index (κ3) is 3.19. The van der Waals surface area contributed by atoms with Crippen molar-refractivity contribution in [1.29, 1.82) is 0 Å². The summed E-state index contributed by atoms with van der Waals surface area (Å²) >= 11 is 1.49. The lowest BCUT2D eigenvalue weighted by molar-refractivity contribution is 0.0285. The zero-order valence-corrected chi connectivity index (χ0v) is 14.3. The predicted molar refractivity (Wildman–Crippen MR) is 89.9 cm³/mol. The van der Waals surface area contributed by atoms with Gasteiger partial charge >= 0.3 is 5.97 Å². The van der Waals surface area contributed by atoms with E-state index in [1.807, 2.05) is 6.07 Å². The number of benzene rings is 1. The first-order chi connectivity index (χ1) is 12.1. The van der Waals surface area contributed by atoms with E-state index in [0.29, 0.717) is 10.4 Å². The predicted octanol–water partition coefficient (Wildman–Crippen LogP) is 4.34. The Morgan fingerprint density at radius 3 is 2.84 bits per heavy atom. The highest BCUT2D eigenvalue weighted by Crippen LogP contribution is 2.32. The molecule has 0 saturated carbocycles. The summed E-state index contributed by atoms with van der Waals surface area (Å²) in [6, 6.07) is 7.66. The largest absolute Gasteiger partial charge is 0.448 e. The maximum atomic E-state index is 13.0. The molecule has 2 aromatic heterocycles. The van der Waals surface area contributed by atoms with Crippen LogP contribution in [0.1, 0.15) is 45.5 Å². The standard InChI is InChI=1S/C18H15FN2O3S/c1-10(23-18(22)15-9-12-3-2-4-14(12)25-15)16-20-21-17(24-16)11-5-7-13(19)8-6-11/h5-10H,2-4H2,1H3/t10-/m1/s1. The fourth-order valence-corrected chi connectivity index (χ4v) is 3.94. The van der Waals surface area contributed by atoms with Crippen LogP contribution in [-0.4, -0.2) is 16.2 Å².